The second-order valence-electron chi connectivity index (χ2n) is 5.23. The topological polar surface area (TPSA) is 84.7 Å². The first-order valence-electron chi connectivity index (χ1n) is 7.41. The molecule has 0 unspecified atom stereocenters. The number of para-hydroxylation sites is 1. The molecule has 122 valence electrons. The number of primary amides is 1. The van der Waals surface area contributed by atoms with Crippen LogP contribution in [0.15, 0.2) is 66.4 Å². The Morgan fingerprint density at radius 3 is 2.48 bits per heavy atom. The van der Waals surface area contributed by atoms with Gasteiger partial charge in [-0.2, -0.15) is 10.4 Å². The third-order valence-corrected chi connectivity index (χ3v) is 3.91. The van der Waals surface area contributed by atoms with Gasteiger partial charge in [-0.15, -0.1) is 0 Å². The van der Waals surface area contributed by atoms with Crippen LogP contribution in [-0.2, 0) is 4.79 Å². The van der Waals surface area contributed by atoms with Crippen molar-refractivity contribution in [1.82, 2.24) is 9.78 Å². The highest BCUT2D eigenvalue weighted by Crippen LogP contribution is 2.31. The van der Waals surface area contributed by atoms with E-state index in [1.165, 1.54) is 6.08 Å². The molecule has 0 radical (unpaired) electrons. The Kier molecular flexibility index (Phi) is 4.64. The molecule has 1 amide bonds. The van der Waals surface area contributed by atoms with Crippen LogP contribution in [0.3, 0.4) is 0 Å². The first-order valence-corrected chi connectivity index (χ1v) is 7.79. The molecule has 0 saturated heterocycles. The maximum atomic E-state index is 11.4. The molecule has 2 aromatic carbocycles. The third-order valence-electron chi connectivity index (χ3n) is 3.58. The molecule has 6 heteroatoms. The lowest BCUT2D eigenvalue weighted by atomic mass is 10.1. The zero-order chi connectivity index (χ0) is 17.8. The van der Waals surface area contributed by atoms with Crippen molar-refractivity contribution in [2.45, 2.75) is 0 Å². The molecule has 0 spiro atoms. The highest BCUT2D eigenvalue weighted by atomic mass is 35.5. The minimum atomic E-state index is -0.792. The van der Waals surface area contributed by atoms with Crippen molar-refractivity contribution in [3.8, 4) is 23.0 Å². The number of aromatic nitrogens is 2. The standard InChI is InChI=1S/C19H13ClN4O/c20-17-9-5-4-8-16(17)18-14(10-13(11-21)19(22)25)12-24(23-18)15-6-2-1-3-7-15/h1-10,12H,(H2,22,25). The smallest absolute Gasteiger partial charge is 0.259 e. The second kappa shape index (κ2) is 7.04. The minimum absolute atomic E-state index is 0.152. The van der Waals surface area contributed by atoms with Crippen LogP contribution in [0.2, 0.25) is 5.02 Å². The maximum absolute atomic E-state index is 11.4. The van der Waals surface area contributed by atoms with Gasteiger partial charge >= 0.3 is 0 Å². The fourth-order valence-electron chi connectivity index (χ4n) is 2.38. The fourth-order valence-corrected chi connectivity index (χ4v) is 2.61. The summed E-state index contributed by atoms with van der Waals surface area (Å²) < 4.78 is 1.67. The van der Waals surface area contributed by atoms with Crippen molar-refractivity contribution in [2.24, 2.45) is 5.73 Å². The summed E-state index contributed by atoms with van der Waals surface area (Å²) in [4.78, 5) is 11.4. The maximum Gasteiger partial charge on any atom is 0.259 e. The average molecular weight is 349 g/mol. The monoisotopic (exact) mass is 348 g/mol. The van der Waals surface area contributed by atoms with Gasteiger partial charge in [0.2, 0.25) is 0 Å². The van der Waals surface area contributed by atoms with Crippen LogP contribution < -0.4 is 5.73 Å². The zero-order valence-corrected chi connectivity index (χ0v) is 13.8. The third kappa shape index (κ3) is 3.44. The van der Waals surface area contributed by atoms with E-state index < -0.39 is 5.91 Å². The largest absolute Gasteiger partial charge is 0.365 e. The van der Waals surface area contributed by atoms with E-state index in [1.807, 2.05) is 54.6 Å². The lowest BCUT2D eigenvalue weighted by molar-refractivity contribution is -0.114. The molecule has 0 aliphatic heterocycles. The van der Waals surface area contributed by atoms with Gasteiger partial charge in [-0.25, -0.2) is 4.68 Å². The van der Waals surface area contributed by atoms with Crippen LogP contribution in [0, 0.1) is 11.3 Å². The van der Waals surface area contributed by atoms with Crippen LogP contribution in [-0.4, -0.2) is 15.7 Å². The highest BCUT2D eigenvalue weighted by molar-refractivity contribution is 6.33. The van der Waals surface area contributed by atoms with Crippen molar-refractivity contribution in [1.29, 1.82) is 5.26 Å². The number of hydrogen-bond donors (Lipinski definition) is 1. The number of nitrogens with zero attached hydrogens (tertiary/aromatic N) is 3. The van der Waals surface area contributed by atoms with Gasteiger partial charge in [0.1, 0.15) is 17.3 Å². The number of amides is 1. The van der Waals surface area contributed by atoms with Crippen LogP contribution in [0.5, 0.6) is 0 Å². The van der Waals surface area contributed by atoms with Crippen molar-refractivity contribution in [2.75, 3.05) is 0 Å². The zero-order valence-electron chi connectivity index (χ0n) is 13.1. The average Bonchev–Trinajstić information content (AvgIpc) is 3.04. The first kappa shape index (κ1) is 16.5. The van der Waals surface area contributed by atoms with Gasteiger partial charge in [-0.3, -0.25) is 4.79 Å². The van der Waals surface area contributed by atoms with Crippen molar-refractivity contribution in [3.05, 3.63) is 77.0 Å². The van der Waals surface area contributed by atoms with Crippen molar-refractivity contribution >= 4 is 23.6 Å². The number of benzene rings is 2. The highest BCUT2D eigenvalue weighted by Gasteiger charge is 2.15. The van der Waals surface area contributed by atoms with Gasteiger partial charge < -0.3 is 5.73 Å². The van der Waals surface area contributed by atoms with E-state index in [-0.39, 0.29) is 5.57 Å². The van der Waals surface area contributed by atoms with Gasteiger partial charge in [-0.1, -0.05) is 48.0 Å². The van der Waals surface area contributed by atoms with E-state index >= 15 is 0 Å². The Morgan fingerprint density at radius 2 is 1.84 bits per heavy atom. The lowest BCUT2D eigenvalue weighted by Gasteiger charge is -2.02. The van der Waals surface area contributed by atoms with Crippen molar-refractivity contribution in [3.63, 3.8) is 0 Å². The molecule has 0 bridgehead atoms. The van der Waals surface area contributed by atoms with Gasteiger partial charge in [0, 0.05) is 17.3 Å². The minimum Gasteiger partial charge on any atom is -0.365 e. The number of nitriles is 1. The number of halogens is 1. The molecule has 0 aliphatic carbocycles. The molecule has 0 atom stereocenters. The summed E-state index contributed by atoms with van der Waals surface area (Å²) in [6, 6.07) is 18.5. The van der Waals surface area contributed by atoms with Crippen LogP contribution >= 0.6 is 11.6 Å². The predicted molar refractivity (Wildman–Crippen MR) is 96.8 cm³/mol. The number of carbonyl (C=O) groups excluding carboxylic acids is 1. The molecule has 5 nitrogen and oxygen atoms in total. The summed E-state index contributed by atoms with van der Waals surface area (Å²) in [6.07, 6.45) is 3.15. The molecule has 1 aromatic heterocycles. The Hall–Kier alpha value is -3.36. The molecule has 2 N–H and O–H groups in total. The van der Waals surface area contributed by atoms with Gasteiger partial charge in [0.15, 0.2) is 0 Å². The van der Waals surface area contributed by atoms with E-state index in [0.717, 1.165) is 5.69 Å². The first-order chi connectivity index (χ1) is 12.1. The summed E-state index contributed by atoms with van der Waals surface area (Å²) in [5.41, 5.74) is 7.77. The summed E-state index contributed by atoms with van der Waals surface area (Å²) in [7, 11) is 0. The van der Waals surface area contributed by atoms with E-state index in [9.17, 15) is 4.79 Å². The quantitative estimate of drug-likeness (QED) is 0.577. The van der Waals surface area contributed by atoms with Crippen LogP contribution in [0.1, 0.15) is 5.56 Å². The molecule has 25 heavy (non-hydrogen) atoms. The summed E-state index contributed by atoms with van der Waals surface area (Å²) in [5.74, 6) is -0.792. The number of hydrogen-bond acceptors (Lipinski definition) is 3. The molecule has 0 saturated carbocycles. The van der Waals surface area contributed by atoms with E-state index in [2.05, 4.69) is 5.10 Å². The predicted octanol–water partition coefficient (Wildman–Crippen LogP) is 3.58. The number of carbonyl (C=O) groups is 1. The Morgan fingerprint density at radius 1 is 1.16 bits per heavy atom. The van der Waals surface area contributed by atoms with Crippen LogP contribution in [0.4, 0.5) is 0 Å². The molecule has 3 rings (SSSR count). The number of rotatable bonds is 4. The molecule has 1 heterocycles. The van der Waals surface area contributed by atoms with Crippen LogP contribution in [0.25, 0.3) is 23.0 Å². The Bertz CT molecular complexity index is 1000. The molecular weight excluding hydrogens is 336 g/mol. The summed E-state index contributed by atoms with van der Waals surface area (Å²) >= 11 is 6.29. The summed E-state index contributed by atoms with van der Waals surface area (Å²) in [6.45, 7) is 0. The lowest BCUT2D eigenvalue weighted by Crippen LogP contribution is -2.12. The molecular formula is C19H13ClN4O. The molecule has 0 aliphatic rings. The van der Waals surface area contributed by atoms with Gasteiger partial charge in [0.25, 0.3) is 5.91 Å². The fraction of sp³-hybridized carbons (Fsp3) is 0. The number of nitrogens with two attached hydrogens (primary N) is 1. The Labute approximate surface area is 149 Å². The Balaban J connectivity index is 2.22. The summed E-state index contributed by atoms with van der Waals surface area (Å²) in [5, 5.41) is 14.2. The normalized spacial score (nSPS) is 11.1. The van der Waals surface area contributed by atoms with E-state index in [4.69, 9.17) is 22.6 Å². The molecule has 3 aromatic rings. The van der Waals surface area contributed by atoms with E-state index in [1.54, 1.807) is 16.9 Å². The van der Waals surface area contributed by atoms with Gasteiger partial charge in [-0.05, 0) is 24.3 Å². The second-order valence-corrected chi connectivity index (χ2v) is 5.63. The van der Waals surface area contributed by atoms with Crippen molar-refractivity contribution < 1.29 is 4.79 Å². The van der Waals surface area contributed by atoms with Gasteiger partial charge in [0.05, 0.1) is 10.7 Å². The molecule has 0 fully saturated rings. The SMILES string of the molecule is N#CC(=Cc1cn(-c2ccccc2)nc1-c1ccccc1Cl)C(N)=O. The van der Waals surface area contributed by atoms with E-state index in [0.29, 0.717) is 21.8 Å².